The number of hydrogen-bond acceptors (Lipinski definition) is 2. The Morgan fingerprint density at radius 3 is 0.709 bits per heavy atom. The Morgan fingerprint density at radius 2 is 0.442 bits per heavy atom. The van der Waals surface area contributed by atoms with E-state index in [4.69, 9.17) is 9.98 Å². The fourth-order valence-electron chi connectivity index (χ4n) is 12.9. The van der Waals surface area contributed by atoms with Crippen molar-refractivity contribution in [2.75, 3.05) is 0 Å². The van der Waals surface area contributed by atoms with Gasteiger partial charge in [0.05, 0.1) is 22.8 Å². The van der Waals surface area contributed by atoms with Gasteiger partial charge in [-0.15, -0.1) is 0 Å². The maximum atomic E-state index is 5.61. The van der Waals surface area contributed by atoms with Gasteiger partial charge in [-0.05, 0) is 113 Å². The number of rotatable bonds is 67. The van der Waals surface area contributed by atoms with E-state index in [0.29, 0.717) is 0 Å². The molecule has 0 aliphatic heterocycles. The van der Waals surface area contributed by atoms with E-state index < -0.39 is 0 Å². The maximum Gasteiger partial charge on any atom is 0.0665 e. The summed E-state index contributed by atoms with van der Waals surface area (Å²) in [4.78, 5) is 11.2. The van der Waals surface area contributed by atoms with Crippen molar-refractivity contribution in [2.45, 2.75) is 426 Å². The second-order valence-electron chi connectivity index (χ2n) is 27.1. The minimum Gasteiger partial charge on any atom is -0.251 e. The first-order valence-corrected chi connectivity index (χ1v) is 39.3. The summed E-state index contributed by atoms with van der Waals surface area (Å²) in [5.41, 5.74) is 7.56. The molecule has 0 saturated carbocycles. The lowest BCUT2D eigenvalue weighted by molar-refractivity contribution is 0.519. The Kier molecular flexibility index (Phi) is 60.2. The van der Waals surface area contributed by atoms with Crippen molar-refractivity contribution < 1.29 is 0 Å². The summed E-state index contributed by atoms with van der Waals surface area (Å²) in [6.45, 7) is 9.26. The molecule has 2 rings (SSSR count). The van der Waals surface area contributed by atoms with Gasteiger partial charge in [-0.2, -0.15) is 0 Å². The van der Waals surface area contributed by atoms with Gasteiger partial charge in [0.2, 0.25) is 0 Å². The van der Waals surface area contributed by atoms with Crippen LogP contribution < -0.4 is 0 Å². The minimum atomic E-state index is 0.994. The molecule has 2 nitrogen and oxygen atoms in total. The van der Waals surface area contributed by atoms with E-state index >= 15 is 0 Å². The fourth-order valence-corrected chi connectivity index (χ4v) is 12.9. The first kappa shape index (κ1) is 79.4. The SMILES string of the molecule is CCCCCCCCCCCCCCCCCCCCCCCCC=CCCCc1ccccc1N=C(CCCC)C(CCCCCCCC)=Nc1ccccc1CCCC=CCCCCCCCCCCCCCCCCCCCCCCCC. The molecule has 0 spiro atoms. The van der Waals surface area contributed by atoms with Crippen LogP contribution in [0.3, 0.4) is 0 Å². The summed E-state index contributed by atoms with van der Waals surface area (Å²) in [6.07, 6.45) is 94.9. The molecule has 0 unspecified atom stereocenters. The summed E-state index contributed by atoms with van der Waals surface area (Å²) >= 11 is 0. The predicted octanol–water partition coefficient (Wildman–Crippen LogP) is 30.2. The summed E-state index contributed by atoms with van der Waals surface area (Å²) in [6, 6.07) is 18.0. The second-order valence-corrected chi connectivity index (χ2v) is 27.1. The molecule has 0 atom stereocenters. The maximum absolute atomic E-state index is 5.61. The molecule has 0 heterocycles. The highest BCUT2D eigenvalue weighted by Crippen LogP contribution is 2.27. The summed E-state index contributed by atoms with van der Waals surface area (Å²) < 4.78 is 0. The summed E-state index contributed by atoms with van der Waals surface area (Å²) in [5.74, 6) is 0. The van der Waals surface area contributed by atoms with Crippen LogP contribution >= 0.6 is 0 Å². The van der Waals surface area contributed by atoms with Crippen LogP contribution in [0.5, 0.6) is 0 Å². The molecule has 0 aliphatic carbocycles. The largest absolute Gasteiger partial charge is 0.251 e. The highest BCUT2D eigenvalue weighted by Gasteiger charge is 2.14. The average molecular weight is 1190 g/mol. The fraction of sp³-hybridized carbons (Fsp3) is 0.786. The van der Waals surface area contributed by atoms with E-state index in [-0.39, 0.29) is 0 Å². The van der Waals surface area contributed by atoms with Crippen molar-refractivity contribution in [3.63, 3.8) is 0 Å². The number of para-hydroxylation sites is 2. The van der Waals surface area contributed by atoms with Crippen LogP contribution in [0.1, 0.15) is 424 Å². The first-order valence-electron chi connectivity index (χ1n) is 39.3. The van der Waals surface area contributed by atoms with E-state index in [1.807, 2.05) is 0 Å². The lowest BCUT2D eigenvalue weighted by Crippen LogP contribution is -2.15. The topological polar surface area (TPSA) is 24.7 Å². The van der Waals surface area contributed by atoms with Crippen molar-refractivity contribution in [1.29, 1.82) is 0 Å². The zero-order valence-corrected chi connectivity index (χ0v) is 58.7. The zero-order chi connectivity index (χ0) is 61.2. The van der Waals surface area contributed by atoms with Crippen LogP contribution in [-0.4, -0.2) is 11.4 Å². The molecule has 2 aromatic carbocycles. The molecule has 0 radical (unpaired) electrons. The number of aliphatic imine (C=N–C) groups is 2. The smallest absolute Gasteiger partial charge is 0.0665 e. The lowest BCUT2D eigenvalue weighted by atomic mass is 10.00. The monoisotopic (exact) mass is 1190 g/mol. The van der Waals surface area contributed by atoms with Crippen LogP contribution in [0, 0.1) is 0 Å². The molecular weight excluding hydrogens is 1040 g/mol. The van der Waals surface area contributed by atoms with Crippen molar-refractivity contribution in [3.8, 4) is 0 Å². The van der Waals surface area contributed by atoms with Crippen molar-refractivity contribution in [3.05, 3.63) is 84.0 Å². The van der Waals surface area contributed by atoms with Crippen LogP contribution in [0.4, 0.5) is 11.4 Å². The normalized spacial score (nSPS) is 12.3. The third kappa shape index (κ3) is 51.1. The average Bonchev–Trinajstić information content (AvgIpc) is 3.70. The van der Waals surface area contributed by atoms with E-state index in [9.17, 15) is 0 Å². The number of nitrogens with zero attached hydrogens (tertiary/aromatic N) is 2. The van der Waals surface area contributed by atoms with Crippen LogP contribution in [-0.2, 0) is 12.8 Å². The van der Waals surface area contributed by atoms with Gasteiger partial charge in [-0.3, -0.25) is 9.98 Å². The van der Waals surface area contributed by atoms with E-state index in [2.05, 4.69) is 101 Å². The summed E-state index contributed by atoms with van der Waals surface area (Å²) in [7, 11) is 0. The molecule has 0 aromatic heterocycles. The number of hydrogen-bond donors (Lipinski definition) is 0. The number of allylic oxidation sites excluding steroid dienone is 4. The van der Waals surface area contributed by atoms with E-state index in [1.165, 1.54) is 376 Å². The quantitative estimate of drug-likeness (QED) is 0.0358. The van der Waals surface area contributed by atoms with Gasteiger partial charge < -0.3 is 0 Å². The molecule has 2 heteroatoms. The van der Waals surface area contributed by atoms with Crippen molar-refractivity contribution in [1.82, 2.24) is 0 Å². The van der Waals surface area contributed by atoms with Gasteiger partial charge in [0.25, 0.3) is 0 Å². The highest BCUT2D eigenvalue weighted by atomic mass is 14.8. The van der Waals surface area contributed by atoms with Gasteiger partial charge in [-0.25, -0.2) is 0 Å². The third-order valence-electron chi connectivity index (χ3n) is 18.8. The van der Waals surface area contributed by atoms with Crippen LogP contribution in [0.25, 0.3) is 0 Å². The Labute approximate surface area is 539 Å². The van der Waals surface area contributed by atoms with Gasteiger partial charge in [0.1, 0.15) is 0 Å². The molecule has 0 N–H and O–H groups in total. The predicted molar refractivity (Wildman–Crippen MR) is 392 cm³/mol. The standard InChI is InChI=1S/C84H148N2/c1-5-9-13-16-19-21-23-25-27-29-31-33-35-37-39-41-43-45-47-49-51-53-55-57-59-61-64-71-79-73-67-69-76-81(79)85-83(75-12-8-4)84(78-66-63-18-15-11-7-3)86-82-77-70-68-74-80(82)72-65-62-60-58-56-54-52-50-48-46-44-42-40-38-36-34-32-30-28-26-24-22-20-17-14-10-6-2/h57-60,67-70,73-74,76-77H,5-56,61-66,71-72,75,78H2,1-4H3. The summed E-state index contributed by atoms with van der Waals surface area (Å²) in [5, 5.41) is 0. The molecule has 86 heavy (non-hydrogen) atoms. The number of benzene rings is 2. The molecule has 0 fully saturated rings. The zero-order valence-electron chi connectivity index (χ0n) is 58.7. The second kappa shape index (κ2) is 65.2. The Bertz CT molecular complexity index is 1810. The van der Waals surface area contributed by atoms with Gasteiger partial charge in [-0.1, -0.05) is 397 Å². The lowest BCUT2D eigenvalue weighted by Gasteiger charge is -2.14. The van der Waals surface area contributed by atoms with Crippen LogP contribution in [0.2, 0.25) is 0 Å². The van der Waals surface area contributed by atoms with Gasteiger partial charge in [0, 0.05) is 0 Å². The number of aryl methyl sites for hydroxylation is 2. The van der Waals surface area contributed by atoms with Crippen molar-refractivity contribution >= 4 is 22.8 Å². The molecule has 0 saturated heterocycles. The van der Waals surface area contributed by atoms with Gasteiger partial charge in [0.15, 0.2) is 0 Å². The Balaban J connectivity index is 1.70. The molecule has 0 bridgehead atoms. The molecule has 0 aliphatic rings. The first-order chi connectivity index (χ1) is 42.7. The van der Waals surface area contributed by atoms with Crippen molar-refractivity contribution in [2.24, 2.45) is 9.98 Å². The Morgan fingerprint density at radius 1 is 0.233 bits per heavy atom. The highest BCUT2D eigenvalue weighted by molar-refractivity contribution is 6.43. The Hall–Kier alpha value is -2.74. The number of unbranched alkanes of at least 4 members (excludes halogenated alkanes) is 52. The molecular formula is C84H148N2. The molecule has 0 amide bonds. The molecule has 2 aromatic rings. The van der Waals surface area contributed by atoms with E-state index in [1.54, 1.807) is 0 Å². The van der Waals surface area contributed by atoms with E-state index in [0.717, 1.165) is 56.3 Å². The van der Waals surface area contributed by atoms with Crippen LogP contribution in [0.15, 0.2) is 82.8 Å². The molecule has 494 valence electrons. The third-order valence-corrected chi connectivity index (χ3v) is 18.8. The minimum absolute atomic E-state index is 0.994. The van der Waals surface area contributed by atoms with Gasteiger partial charge >= 0.3 is 0 Å².